The Labute approximate surface area is 110 Å². The van der Waals surface area contributed by atoms with Gasteiger partial charge in [-0.25, -0.2) is 0 Å². The highest BCUT2D eigenvalue weighted by Crippen LogP contribution is 2.25. The summed E-state index contributed by atoms with van der Waals surface area (Å²) < 4.78 is 33.5. The first-order valence-corrected chi connectivity index (χ1v) is 7.14. The fourth-order valence-electron chi connectivity index (χ4n) is 1.42. The minimum Gasteiger partial charge on any atom is -0.263 e. The van der Waals surface area contributed by atoms with Gasteiger partial charge in [0, 0.05) is 4.90 Å². The van der Waals surface area contributed by atoms with Gasteiger partial charge in [-0.3, -0.25) is 4.55 Å². The third kappa shape index (κ3) is 3.85. The standard InChI is InChI=1S/C12H10O4S2/c13-18(14,15)16-17-12-8-6-11(7-9-12)10-4-2-1-3-5-10/h1-9H,(H,13,14,15). The maximum absolute atomic E-state index is 10.4. The predicted octanol–water partition coefficient (Wildman–Crippen LogP) is 3.18. The van der Waals surface area contributed by atoms with Gasteiger partial charge in [0.2, 0.25) is 0 Å². The van der Waals surface area contributed by atoms with Crippen LogP contribution in [-0.4, -0.2) is 13.0 Å². The van der Waals surface area contributed by atoms with E-state index in [0.717, 1.165) is 11.1 Å². The molecule has 0 heterocycles. The van der Waals surface area contributed by atoms with Crippen LogP contribution < -0.4 is 0 Å². The van der Waals surface area contributed by atoms with Crippen LogP contribution in [0.5, 0.6) is 0 Å². The van der Waals surface area contributed by atoms with Gasteiger partial charge in [-0.05, 0) is 23.3 Å². The van der Waals surface area contributed by atoms with Crippen LogP contribution >= 0.6 is 12.0 Å². The van der Waals surface area contributed by atoms with E-state index in [1.807, 2.05) is 42.5 Å². The topological polar surface area (TPSA) is 63.6 Å². The molecule has 1 N–H and O–H groups in total. The second-order valence-corrected chi connectivity index (χ2v) is 5.51. The van der Waals surface area contributed by atoms with E-state index >= 15 is 0 Å². The van der Waals surface area contributed by atoms with E-state index in [-0.39, 0.29) is 0 Å². The fourth-order valence-corrected chi connectivity index (χ4v) is 2.32. The zero-order valence-electron chi connectivity index (χ0n) is 9.18. The first-order valence-electron chi connectivity index (χ1n) is 5.04. The summed E-state index contributed by atoms with van der Waals surface area (Å²) in [6, 6.07) is 16.9. The van der Waals surface area contributed by atoms with Crippen molar-refractivity contribution in [1.29, 1.82) is 0 Å². The lowest BCUT2D eigenvalue weighted by Crippen LogP contribution is -1.96. The number of hydrogen-bond acceptors (Lipinski definition) is 4. The lowest BCUT2D eigenvalue weighted by Gasteiger charge is -2.03. The molecule has 0 spiro atoms. The van der Waals surface area contributed by atoms with E-state index in [1.54, 1.807) is 12.1 Å². The molecule has 0 atom stereocenters. The molecule has 0 radical (unpaired) electrons. The summed E-state index contributed by atoms with van der Waals surface area (Å²) >= 11 is 0.593. The largest absolute Gasteiger partial charge is 0.408 e. The van der Waals surface area contributed by atoms with Gasteiger partial charge >= 0.3 is 10.4 Å². The molecule has 0 saturated heterocycles. The van der Waals surface area contributed by atoms with Crippen molar-refractivity contribution in [2.24, 2.45) is 0 Å². The minimum absolute atomic E-state index is 0.590. The summed E-state index contributed by atoms with van der Waals surface area (Å²) in [4.78, 5) is 0.590. The Morgan fingerprint density at radius 3 is 2.00 bits per heavy atom. The van der Waals surface area contributed by atoms with Crippen molar-refractivity contribution in [3.8, 4) is 11.1 Å². The van der Waals surface area contributed by atoms with Crippen LogP contribution in [-0.2, 0) is 14.0 Å². The molecule has 0 aliphatic heterocycles. The molecule has 2 aromatic carbocycles. The van der Waals surface area contributed by atoms with Crippen molar-refractivity contribution in [3.63, 3.8) is 0 Å². The van der Waals surface area contributed by atoms with Crippen LogP contribution in [0.15, 0.2) is 59.5 Å². The van der Waals surface area contributed by atoms with Crippen molar-refractivity contribution < 1.29 is 16.6 Å². The monoisotopic (exact) mass is 282 g/mol. The number of rotatable bonds is 4. The molecule has 0 bridgehead atoms. The van der Waals surface area contributed by atoms with Crippen LogP contribution in [0, 0.1) is 0 Å². The molecule has 0 fully saturated rings. The summed E-state index contributed by atoms with van der Waals surface area (Å²) in [7, 11) is -4.42. The van der Waals surface area contributed by atoms with E-state index in [4.69, 9.17) is 4.55 Å². The molecule has 94 valence electrons. The Morgan fingerprint density at radius 2 is 1.44 bits per heavy atom. The van der Waals surface area contributed by atoms with E-state index in [2.05, 4.69) is 3.63 Å². The Balaban J connectivity index is 2.11. The minimum atomic E-state index is -4.42. The number of benzene rings is 2. The molecular formula is C12H10O4S2. The Hall–Kier alpha value is -1.34. The SMILES string of the molecule is O=S(=O)(O)OSc1ccc(-c2ccccc2)cc1. The molecule has 0 aliphatic rings. The molecule has 0 unspecified atom stereocenters. The van der Waals surface area contributed by atoms with Gasteiger partial charge in [0.15, 0.2) is 0 Å². The second kappa shape index (κ2) is 5.53. The van der Waals surface area contributed by atoms with Gasteiger partial charge in [-0.1, -0.05) is 42.5 Å². The summed E-state index contributed by atoms with van der Waals surface area (Å²) in [5, 5.41) is 0. The molecule has 0 aliphatic carbocycles. The maximum atomic E-state index is 10.4. The normalized spacial score (nSPS) is 11.4. The van der Waals surface area contributed by atoms with Crippen LogP contribution in [0.2, 0.25) is 0 Å². The highest BCUT2D eigenvalue weighted by Gasteiger charge is 2.06. The third-order valence-electron chi connectivity index (χ3n) is 2.18. The summed E-state index contributed by atoms with van der Waals surface area (Å²) in [6.07, 6.45) is 0. The summed E-state index contributed by atoms with van der Waals surface area (Å²) in [6.45, 7) is 0. The van der Waals surface area contributed by atoms with Crippen LogP contribution in [0.1, 0.15) is 0 Å². The van der Waals surface area contributed by atoms with Gasteiger partial charge in [-0.2, -0.15) is 12.0 Å². The molecule has 4 nitrogen and oxygen atoms in total. The van der Waals surface area contributed by atoms with Gasteiger partial charge in [-0.15, -0.1) is 0 Å². The smallest absolute Gasteiger partial charge is 0.263 e. The van der Waals surface area contributed by atoms with Crippen molar-refractivity contribution in [2.45, 2.75) is 4.90 Å². The highest BCUT2D eigenvalue weighted by atomic mass is 32.3. The quantitative estimate of drug-likeness (QED) is 0.689. The Morgan fingerprint density at radius 1 is 0.889 bits per heavy atom. The van der Waals surface area contributed by atoms with E-state index in [1.165, 1.54) is 0 Å². The highest BCUT2D eigenvalue weighted by molar-refractivity contribution is 8.02. The molecular weight excluding hydrogens is 272 g/mol. The Kier molecular flexibility index (Phi) is 4.03. The van der Waals surface area contributed by atoms with E-state index < -0.39 is 10.4 Å². The van der Waals surface area contributed by atoms with Crippen molar-refractivity contribution in [3.05, 3.63) is 54.6 Å². The van der Waals surface area contributed by atoms with Crippen molar-refractivity contribution >= 4 is 22.4 Å². The fraction of sp³-hybridized carbons (Fsp3) is 0. The first-order chi connectivity index (χ1) is 8.54. The van der Waals surface area contributed by atoms with Gasteiger partial charge in [0.25, 0.3) is 0 Å². The zero-order valence-corrected chi connectivity index (χ0v) is 10.8. The Bertz CT molecular complexity index is 606. The molecule has 0 aromatic heterocycles. The first kappa shape index (κ1) is 13.1. The van der Waals surface area contributed by atoms with Crippen LogP contribution in [0.4, 0.5) is 0 Å². The molecule has 0 amide bonds. The van der Waals surface area contributed by atoms with Crippen molar-refractivity contribution in [2.75, 3.05) is 0 Å². The van der Waals surface area contributed by atoms with Gasteiger partial charge in [0.1, 0.15) is 0 Å². The zero-order chi connectivity index (χ0) is 13.0. The third-order valence-corrected chi connectivity index (χ3v) is 3.60. The van der Waals surface area contributed by atoms with Crippen LogP contribution in [0.3, 0.4) is 0 Å². The van der Waals surface area contributed by atoms with Gasteiger partial charge < -0.3 is 0 Å². The second-order valence-electron chi connectivity index (χ2n) is 3.47. The summed E-state index contributed by atoms with van der Waals surface area (Å²) in [5.41, 5.74) is 2.09. The average molecular weight is 282 g/mol. The summed E-state index contributed by atoms with van der Waals surface area (Å²) in [5.74, 6) is 0. The average Bonchev–Trinajstić information content (AvgIpc) is 2.37. The molecule has 6 heteroatoms. The maximum Gasteiger partial charge on any atom is 0.408 e. The van der Waals surface area contributed by atoms with E-state index in [9.17, 15) is 8.42 Å². The molecule has 0 saturated carbocycles. The van der Waals surface area contributed by atoms with Crippen LogP contribution in [0.25, 0.3) is 11.1 Å². The molecule has 18 heavy (non-hydrogen) atoms. The van der Waals surface area contributed by atoms with Gasteiger partial charge in [0.05, 0.1) is 12.0 Å². The molecule has 2 aromatic rings. The van der Waals surface area contributed by atoms with E-state index in [0.29, 0.717) is 16.9 Å². The molecule has 2 rings (SSSR count). The predicted molar refractivity (Wildman–Crippen MR) is 70.4 cm³/mol. The lowest BCUT2D eigenvalue weighted by atomic mass is 10.1. The lowest BCUT2D eigenvalue weighted by molar-refractivity contribution is 0.407. The number of hydrogen-bond donors (Lipinski definition) is 1. The van der Waals surface area contributed by atoms with Crippen molar-refractivity contribution in [1.82, 2.24) is 0 Å².